The predicted molar refractivity (Wildman–Crippen MR) is 141 cm³/mol. The molecule has 0 bridgehead atoms. The van der Waals surface area contributed by atoms with E-state index in [1.807, 2.05) is 25.2 Å². The molecule has 1 saturated heterocycles. The Balaban J connectivity index is 1.31. The Kier molecular flexibility index (Phi) is 6.56. The number of thiazole rings is 1. The maximum Gasteiger partial charge on any atom is 0.257 e. The highest BCUT2D eigenvalue weighted by Gasteiger charge is 2.20. The Labute approximate surface area is 208 Å². The lowest BCUT2D eigenvalue weighted by Gasteiger charge is -2.37. The summed E-state index contributed by atoms with van der Waals surface area (Å²) in [5, 5.41) is 7.69. The Morgan fingerprint density at radius 2 is 1.86 bits per heavy atom. The maximum atomic E-state index is 13.0. The van der Waals surface area contributed by atoms with Crippen LogP contribution in [0.5, 0.6) is 0 Å². The van der Waals surface area contributed by atoms with Crippen LogP contribution < -0.4 is 15.5 Å². The summed E-state index contributed by atoms with van der Waals surface area (Å²) < 4.78 is 0. The molecule has 0 aliphatic carbocycles. The maximum absolute atomic E-state index is 13.0. The second kappa shape index (κ2) is 9.93. The molecule has 1 amide bonds. The van der Waals surface area contributed by atoms with Gasteiger partial charge in [0.05, 0.1) is 16.1 Å². The summed E-state index contributed by atoms with van der Waals surface area (Å²) in [4.78, 5) is 36.6. The van der Waals surface area contributed by atoms with Crippen LogP contribution in [0, 0.1) is 0 Å². The van der Waals surface area contributed by atoms with Crippen molar-refractivity contribution in [1.29, 1.82) is 0 Å². The zero-order valence-corrected chi connectivity index (χ0v) is 20.8. The van der Waals surface area contributed by atoms with E-state index in [2.05, 4.69) is 49.2 Å². The topological polar surface area (TPSA) is 99.2 Å². The van der Waals surface area contributed by atoms with Crippen LogP contribution in [0.1, 0.15) is 24.2 Å². The SMILES string of the molecule is CNc1ncc(-c2ccc3cnc(NC(=O)c4ccnc(N5CCN(C(C)C)CC5)c4)cc3n2)s1. The number of piperazine rings is 1. The minimum atomic E-state index is -0.224. The minimum absolute atomic E-state index is 0.224. The summed E-state index contributed by atoms with van der Waals surface area (Å²) in [5.74, 6) is 1.05. The van der Waals surface area contributed by atoms with Crippen molar-refractivity contribution in [3.8, 4) is 10.6 Å². The lowest BCUT2D eigenvalue weighted by Crippen LogP contribution is -2.49. The molecule has 180 valence electrons. The number of nitrogens with one attached hydrogen (secondary N) is 2. The molecular formula is C25H28N8OS. The van der Waals surface area contributed by atoms with Gasteiger partial charge in [-0.05, 0) is 38.1 Å². The molecule has 5 heterocycles. The van der Waals surface area contributed by atoms with Crippen molar-refractivity contribution in [2.24, 2.45) is 0 Å². The van der Waals surface area contributed by atoms with Crippen molar-refractivity contribution in [2.45, 2.75) is 19.9 Å². The van der Waals surface area contributed by atoms with Gasteiger partial charge in [-0.2, -0.15) is 0 Å². The van der Waals surface area contributed by atoms with Gasteiger partial charge in [0.2, 0.25) is 0 Å². The number of rotatable bonds is 6. The van der Waals surface area contributed by atoms with Gasteiger partial charge < -0.3 is 15.5 Å². The van der Waals surface area contributed by atoms with E-state index in [0.717, 1.165) is 58.6 Å². The van der Waals surface area contributed by atoms with Gasteiger partial charge >= 0.3 is 0 Å². The third-order valence-corrected chi connectivity index (χ3v) is 7.20. The number of hydrogen-bond acceptors (Lipinski definition) is 9. The Morgan fingerprint density at radius 3 is 2.60 bits per heavy atom. The van der Waals surface area contributed by atoms with Crippen LogP contribution >= 0.6 is 11.3 Å². The van der Waals surface area contributed by atoms with Gasteiger partial charge in [-0.3, -0.25) is 9.69 Å². The van der Waals surface area contributed by atoms with Crippen LogP contribution in [-0.2, 0) is 0 Å². The fourth-order valence-electron chi connectivity index (χ4n) is 4.12. The van der Waals surface area contributed by atoms with Crippen LogP contribution in [0.25, 0.3) is 21.5 Å². The highest BCUT2D eigenvalue weighted by Crippen LogP contribution is 2.29. The number of carbonyl (C=O) groups is 1. The summed E-state index contributed by atoms with van der Waals surface area (Å²) in [6.07, 6.45) is 5.22. The molecule has 0 aromatic carbocycles. The molecule has 1 aliphatic rings. The first-order valence-electron chi connectivity index (χ1n) is 11.7. The second-order valence-electron chi connectivity index (χ2n) is 8.71. The van der Waals surface area contributed by atoms with Gasteiger partial charge in [-0.1, -0.05) is 11.3 Å². The highest BCUT2D eigenvalue weighted by molar-refractivity contribution is 7.18. The molecule has 0 unspecified atom stereocenters. The van der Waals surface area contributed by atoms with E-state index in [1.54, 1.807) is 30.7 Å². The molecule has 2 N–H and O–H groups in total. The van der Waals surface area contributed by atoms with Crippen molar-refractivity contribution < 1.29 is 4.79 Å². The average Bonchev–Trinajstić information content (AvgIpc) is 3.38. The minimum Gasteiger partial charge on any atom is -0.365 e. The molecule has 35 heavy (non-hydrogen) atoms. The largest absolute Gasteiger partial charge is 0.365 e. The fourth-order valence-corrected chi connectivity index (χ4v) is 4.86. The number of aromatic nitrogens is 4. The summed E-state index contributed by atoms with van der Waals surface area (Å²) in [7, 11) is 1.84. The number of nitrogens with zero attached hydrogens (tertiary/aromatic N) is 6. The molecule has 1 aliphatic heterocycles. The smallest absolute Gasteiger partial charge is 0.257 e. The van der Waals surface area contributed by atoms with Crippen molar-refractivity contribution >= 4 is 44.9 Å². The summed E-state index contributed by atoms with van der Waals surface area (Å²) in [5.41, 5.74) is 2.14. The Hall–Kier alpha value is -3.63. The van der Waals surface area contributed by atoms with Crippen molar-refractivity contribution in [3.63, 3.8) is 0 Å². The van der Waals surface area contributed by atoms with Crippen LogP contribution in [0.3, 0.4) is 0 Å². The number of amides is 1. The van der Waals surface area contributed by atoms with Crippen molar-refractivity contribution in [1.82, 2.24) is 24.8 Å². The first-order chi connectivity index (χ1) is 17.0. The van der Waals surface area contributed by atoms with Crippen LogP contribution in [-0.4, -0.2) is 70.0 Å². The molecule has 0 atom stereocenters. The molecule has 0 radical (unpaired) electrons. The number of hydrogen-bond donors (Lipinski definition) is 2. The molecule has 1 fully saturated rings. The van der Waals surface area contributed by atoms with E-state index in [0.29, 0.717) is 17.4 Å². The monoisotopic (exact) mass is 488 g/mol. The predicted octanol–water partition coefficient (Wildman–Crippen LogP) is 3.97. The fraction of sp³-hybridized carbons (Fsp3) is 0.320. The van der Waals surface area contributed by atoms with E-state index < -0.39 is 0 Å². The van der Waals surface area contributed by atoms with E-state index in [1.165, 1.54) is 11.3 Å². The zero-order chi connectivity index (χ0) is 24.4. The van der Waals surface area contributed by atoms with Gasteiger partial charge in [-0.15, -0.1) is 0 Å². The third kappa shape index (κ3) is 5.08. The molecule has 0 saturated carbocycles. The lowest BCUT2D eigenvalue weighted by atomic mass is 10.2. The summed E-state index contributed by atoms with van der Waals surface area (Å²) in [6.45, 7) is 8.20. The number of anilines is 3. The average molecular weight is 489 g/mol. The van der Waals surface area contributed by atoms with Crippen LogP contribution in [0.2, 0.25) is 0 Å². The lowest BCUT2D eigenvalue weighted by molar-refractivity contribution is 0.102. The van der Waals surface area contributed by atoms with Gasteiger partial charge in [0.15, 0.2) is 5.13 Å². The first kappa shape index (κ1) is 23.1. The van der Waals surface area contributed by atoms with Gasteiger partial charge in [0.25, 0.3) is 5.91 Å². The quantitative estimate of drug-likeness (QED) is 0.421. The van der Waals surface area contributed by atoms with Crippen molar-refractivity contribution in [2.75, 3.05) is 48.8 Å². The molecule has 10 heteroatoms. The highest BCUT2D eigenvalue weighted by atomic mass is 32.1. The Morgan fingerprint density at radius 1 is 1.03 bits per heavy atom. The molecule has 9 nitrogen and oxygen atoms in total. The number of carbonyl (C=O) groups excluding carboxylic acids is 1. The normalized spacial score (nSPS) is 14.5. The van der Waals surface area contributed by atoms with Gasteiger partial charge in [0, 0.05) is 74.9 Å². The number of pyridine rings is 3. The third-order valence-electron chi connectivity index (χ3n) is 6.16. The molecule has 4 aromatic heterocycles. The standard InChI is InChI=1S/C25H28N8OS/c1-16(2)32-8-10-33(11-9-32)23-12-17(6-7-27-23)24(34)31-22-13-20-18(14-28-22)4-5-19(30-20)21-15-29-25(26-3)35-21/h4-7,12-16H,8-11H2,1-3H3,(H,26,29)(H,28,31,34). The molecular weight excluding hydrogens is 460 g/mol. The van der Waals surface area contributed by atoms with Crippen molar-refractivity contribution in [3.05, 3.63) is 54.5 Å². The van der Waals surface area contributed by atoms with E-state index >= 15 is 0 Å². The molecule has 5 rings (SSSR count). The molecule has 0 spiro atoms. The number of fused-ring (bicyclic) bond motifs is 1. The van der Waals surface area contributed by atoms with Gasteiger partial charge in [-0.25, -0.2) is 19.9 Å². The van der Waals surface area contributed by atoms with Crippen LogP contribution in [0.15, 0.2) is 48.9 Å². The summed E-state index contributed by atoms with van der Waals surface area (Å²) in [6, 6.07) is 9.84. The van der Waals surface area contributed by atoms with Crippen LogP contribution in [0.4, 0.5) is 16.8 Å². The van der Waals surface area contributed by atoms with E-state index in [9.17, 15) is 4.79 Å². The molecule has 4 aromatic rings. The Bertz CT molecular complexity index is 1350. The second-order valence-corrected chi connectivity index (χ2v) is 9.74. The van der Waals surface area contributed by atoms with Gasteiger partial charge in [0.1, 0.15) is 11.6 Å². The first-order valence-corrected chi connectivity index (χ1v) is 12.5. The van der Waals surface area contributed by atoms with E-state index in [4.69, 9.17) is 4.98 Å². The zero-order valence-electron chi connectivity index (χ0n) is 20.0. The summed E-state index contributed by atoms with van der Waals surface area (Å²) >= 11 is 1.54. The van der Waals surface area contributed by atoms with E-state index in [-0.39, 0.29) is 5.91 Å².